The molecule has 1 fully saturated rings. The Kier molecular flexibility index (Phi) is 7.81. The molecule has 1 saturated heterocycles. The number of nitrogens with zero attached hydrogens (tertiary/aromatic N) is 2. The Balaban J connectivity index is 1.46. The van der Waals surface area contributed by atoms with Gasteiger partial charge in [0.25, 0.3) is 0 Å². The standard InChI is InChI=1S/C22H29N3O2/c26-22(10-4-8-20-9-5-11-23-17-20)24-18-21(25-12-14-27-15-13-25)16-19-6-2-1-3-7-19/h1-3,5-7,9,11,17,21H,4,8,10,12-16,18H2,(H,24,26). The molecule has 1 unspecified atom stereocenters. The number of benzene rings is 1. The number of hydrogen-bond acceptors (Lipinski definition) is 4. The summed E-state index contributed by atoms with van der Waals surface area (Å²) in [6.07, 6.45) is 6.87. The van der Waals surface area contributed by atoms with Crippen molar-refractivity contribution in [3.63, 3.8) is 0 Å². The first kappa shape index (κ1) is 19.5. The summed E-state index contributed by atoms with van der Waals surface area (Å²) < 4.78 is 5.49. The van der Waals surface area contributed by atoms with E-state index < -0.39 is 0 Å². The predicted molar refractivity (Wildman–Crippen MR) is 107 cm³/mol. The molecular formula is C22H29N3O2. The summed E-state index contributed by atoms with van der Waals surface area (Å²) in [4.78, 5) is 18.9. The minimum Gasteiger partial charge on any atom is -0.379 e. The van der Waals surface area contributed by atoms with E-state index in [0.29, 0.717) is 19.0 Å². The van der Waals surface area contributed by atoms with Crippen molar-refractivity contribution in [1.82, 2.24) is 15.2 Å². The van der Waals surface area contributed by atoms with Gasteiger partial charge in [-0.3, -0.25) is 14.7 Å². The van der Waals surface area contributed by atoms with E-state index in [0.717, 1.165) is 45.6 Å². The van der Waals surface area contributed by atoms with Crippen molar-refractivity contribution in [2.75, 3.05) is 32.8 Å². The molecule has 1 amide bonds. The third-order valence-corrected chi connectivity index (χ3v) is 5.00. The van der Waals surface area contributed by atoms with Crippen LogP contribution in [-0.2, 0) is 22.4 Å². The summed E-state index contributed by atoms with van der Waals surface area (Å²) in [5.74, 6) is 0.130. The number of carbonyl (C=O) groups is 1. The first-order chi connectivity index (χ1) is 13.3. The van der Waals surface area contributed by atoms with Gasteiger partial charge in [0.15, 0.2) is 0 Å². The fraction of sp³-hybridized carbons (Fsp3) is 0.455. The highest BCUT2D eigenvalue weighted by Crippen LogP contribution is 2.11. The van der Waals surface area contributed by atoms with Crippen LogP contribution in [0.4, 0.5) is 0 Å². The van der Waals surface area contributed by atoms with E-state index in [2.05, 4.69) is 45.5 Å². The normalized spacial score (nSPS) is 16.0. The van der Waals surface area contributed by atoms with E-state index in [9.17, 15) is 4.79 Å². The van der Waals surface area contributed by atoms with Gasteiger partial charge in [0.05, 0.1) is 13.2 Å². The number of aryl methyl sites for hydroxylation is 1. The molecule has 1 aromatic heterocycles. The van der Waals surface area contributed by atoms with Gasteiger partial charge in [-0.15, -0.1) is 0 Å². The average Bonchev–Trinajstić information content (AvgIpc) is 2.73. The van der Waals surface area contributed by atoms with E-state index in [4.69, 9.17) is 4.74 Å². The second-order valence-corrected chi connectivity index (χ2v) is 7.01. The highest BCUT2D eigenvalue weighted by atomic mass is 16.5. The maximum Gasteiger partial charge on any atom is 0.220 e. The Hall–Kier alpha value is -2.24. The van der Waals surface area contributed by atoms with Crippen molar-refractivity contribution in [3.05, 3.63) is 66.0 Å². The van der Waals surface area contributed by atoms with Gasteiger partial charge >= 0.3 is 0 Å². The SMILES string of the molecule is O=C(CCCc1cccnc1)NCC(Cc1ccccc1)N1CCOCC1. The van der Waals surface area contributed by atoms with Gasteiger partial charge < -0.3 is 10.1 Å². The molecule has 2 heterocycles. The molecule has 1 N–H and O–H groups in total. The lowest BCUT2D eigenvalue weighted by Crippen LogP contribution is -2.49. The van der Waals surface area contributed by atoms with Crippen molar-refractivity contribution in [2.24, 2.45) is 0 Å². The van der Waals surface area contributed by atoms with Crippen LogP contribution in [0.5, 0.6) is 0 Å². The fourth-order valence-electron chi connectivity index (χ4n) is 3.48. The second kappa shape index (κ2) is 10.8. The minimum atomic E-state index is 0.130. The van der Waals surface area contributed by atoms with Crippen LogP contribution in [0.1, 0.15) is 24.0 Å². The van der Waals surface area contributed by atoms with Gasteiger partial charge in [-0.2, -0.15) is 0 Å². The Labute approximate surface area is 161 Å². The van der Waals surface area contributed by atoms with Crippen LogP contribution in [0, 0.1) is 0 Å². The first-order valence-corrected chi connectivity index (χ1v) is 9.82. The summed E-state index contributed by atoms with van der Waals surface area (Å²) in [7, 11) is 0. The summed E-state index contributed by atoms with van der Waals surface area (Å²) >= 11 is 0. The van der Waals surface area contributed by atoms with Crippen LogP contribution >= 0.6 is 0 Å². The summed E-state index contributed by atoms with van der Waals surface area (Å²) in [5, 5.41) is 3.15. The van der Waals surface area contributed by atoms with Gasteiger partial charge in [0, 0.05) is 44.5 Å². The lowest BCUT2D eigenvalue weighted by atomic mass is 10.0. The molecule has 0 spiro atoms. The van der Waals surface area contributed by atoms with Gasteiger partial charge in [-0.05, 0) is 36.5 Å². The molecule has 3 rings (SSSR count). The van der Waals surface area contributed by atoms with Crippen molar-refractivity contribution >= 4 is 5.91 Å². The number of ether oxygens (including phenoxy) is 1. The molecule has 2 aromatic rings. The lowest BCUT2D eigenvalue weighted by molar-refractivity contribution is -0.121. The summed E-state index contributed by atoms with van der Waals surface area (Å²) in [5.41, 5.74) is 2.49. The Morgan fingerprint density at radius 1 is 1.11 bits per heavy atom. The molecule has 27 heavy (non-hydrogen) atoms. The zero-order chi connectivity index (χ0) is 18.7. The topological polar surface area (TPSA) is 54.5 Å². The highest BCUT2D eigenvalue weighted by Gasteiger charge is 2.21. The van der Waals surface area contributed by atoms with Gasteiger partial charge in [0.1, 0.15) is 0 Å². The zero-order valence-electron chi connectivity index (χ0n) is 15.8. The largest absolute Gasteiger partial charge is 0.379 e. The zero-order valence-corrected chi connectivity index (χ0v) is 15.8. The fourth-order valence-corrected chi connectivity index (χ4v) is 3.48. The number of aromatic nitrogens is 1. The smallest absolute Gasteiger partial charge is 0.220 e. The number of morpholine rings is 1. The number of carbonyl (C=O) groups excluding carboxylic acids is 1. The third kappa shape index (κ3) is 6.77. The van der Waals surface area contributed by atoms with Crippen molar-refractivity contribution < 1.29 is 9.53 Å². The van der Waals surface area contributed by atoms with Crippen LogP contribution in [-0.4, -0.2) is 54.7 Å². The molecule has 0 bridgehead atoms. The predicted octanol–water partition coefficient (Wildman–Crippen LogP) is 2.46. The number of pyridine rings is 1. The maximum atomic E-state index is 12.3. The molecule has 144 valence electrons. The quantitative estimate of drug-likeness (QED) is 0.740. The molecule has 0 radical (unpaired) electrons. The molecule has 5 heteroatoms. The van der Waals surface area contributed by atoms with Gasteiger partial charge in [-0.1, -0.05) is 36.4 Å². The van der Waals surface area contributed by atoms with E-state index in [-0.39, 0.29) is 5.91 Å². The van der Waals surface area contributed by atoms with Crippen LogP contribution in [0.15, 0.2) is 54.9 Å². The van der Waals surface area contributed by atoms with Crippen LogP contribution < -0.4 is 5.32 Å². The number of hydrogen-bond donors (Lipinski definition) is 1. The van der Waals surface area contributed by atoms with E-state index >= 15 is 0 Å². The molecule has 5 nitrogen and oxygen atoms in total. The monoisotopic (exact) mass is 367 g/mol. The third-order valence-electron chi connectivity index (χ3n) is 5.00. The number of rotatable bonds is 9. The van der Waals surface area contributed by atoms with Crippen molar-refractivity contribution in [3.8, 4) is 0 Å². The Morgan fingerprint density at radius 2 is 1.89 bits per heavy atom. The van der Waals surface area contributed by atoms with Crippen LogP contribution in [0.3, 0.4) is 0 Å². The minimum absolute atomic E-state index is 0.130. The lowest BCUT2D eigenvalue weighted by Gasteiger charge is -2.34. The second-order valence-electron chi connectivity index (χ2n) is 7.01. The molecule has 0 saturated carbocycles. The van der Waals surface area contributed by atoms with Crippen molar-refractivity contribution in [2.45, 2.75) is 31.7 Å². The van der Waals surface area contributed by atoms with E-state index in [1.165, 1.54) is 11.1 Å². The number of amides is 1. The molecule has 0 aliphatic carbocycles. The molecule has 1 aromatic carbocycles. The Bertz CT molecular complexity index is 672. The highest BCUT2D eigenvalue weighted by molar-refractivity contribution is 5.75. The van der Waals surface area contributed by atoms with Gasteiger partial charge in [-0.25, -0.2) is 0 Å². The Morgan fingerprint density at radius 3 is 2.63 bits per heavy atom. The number of nitrogens with one attached hydrogen (secondary N) is 1. The molecule has 1 aliphatic heterocycles. The molecule has 1 aliphatic rings. The van der Waals surface area contributed by atoms with Crippen LogP contribution in [0.2, 0.25) is 0 Å². The molecule has 1 atom stereocenters. The van der Waals surface area contributed by atoms with E-state index in [1.807, 2.05) is 18.3 Å². The maximum absolute atomic E-state index is 12.3. The van der Waals surface area contributed by atoms with Crippen LogP contribution in [0.25, 0.3) is 0 Å². The summed E-state index contributed by atoms with van der Waals surface area (Å²) in [6.45, 7) is 4.07. The average molecular weight is 367 g/mol. The van der Waals surface area contributed by atoms with Crippen molar-refractivity contribution in [1.29, 1.82) is 0 Å². The molecular weight excluding hydrogens is 338 g/mol. The van der Waals surface area contributed by atoms with E-state index in [1.54, 1.807) is 6.20 Å². The first-order valence-electron chi connectivity index (χ1n) is 9.82. The van der Waals surface area contributed by atoms with Gasteiger partial charge in [0.2, 0.25) is 5.91 Å². The summed E-state index contributed by atoms with van der Waals surface area (Å²) in [6, 6.07) is 14.8.